The van der Waals surface area contributed by atoms with Gasteiger partial charge in [0, 0.05) is 12.1 Å². The Labute approximate surface area is 127 Å². The van der Waals surface area contributed by atoms with Crippen LogP contribution in [0.4, 0.5) is 0 Å². The highest BCUT2D eigenvalue weighted by Gasteiger charge is 2.14. The quantitative estimate of drug-likeness (QED) is 0.846. The lowest BCUT2D eigenvalue weighted by atomic mass is 9.99. The van der Waals surface area contributed by atoms with E-state index in [0.29, 0.717) is 24.0 Å². The Hall–Kier alpha value is -1.55. The van der Waals surface area contributed by atoms with Crippen molar-refractivity contribution in [3.05, 3.63) is 29.8 Å². The first kappa shape index (κ1) is 15.8. The molecule has 1 aromatic rings. The van der Waals surface area contributed by atoms with Crippen LogP contribution in [0.25, 0.3) is 0 Å². The van der Waals surface area contributed by atoms with Crippen LogP contribution in [0.2, 0.25) is 0 Å². The minimum atomic E-state index is -0.0180. The van der Waals surface area contributed by atoms with Gasteiger partial charge < -0.3 is 15.4 Å². The van der Waals surface area contributed by atoms with Crippen LogP contribution in [-0.2, 0) is 0 Å². The maximum atomic E-state index is 12.2. The van der Waals surface area contributed by atoms with Crippen LogP contribution >= 0.6 is 0 Å². The average Bonchev–Trinajstić information content (AvgIpc) is 2.52. The van der Waals surface area contributed by atoms with Crippen LogP contribution in [0.5, 0.6) is 5.75 Å². The van der Waals surface area contributed by atoms with Crippen LogP contribution in [0.15, 0.2) is 24.3 Å². The molecular weight excluding hydrogens is 264 g/mol. The molecule has 1 amide bonds. The largest absolute Gasteiger partial charge is 0.493 e. The van der Waals surface area contributed by atoms with E-state index in [9.17, 15) is 4.79 Å². The summed E-state index contributed by atoms with van der Waals surface area (Å²) in [6, 6.07) is 7.41. The Balaban J connectivity index is 1.84. The van der Waals surface area contributed by atoms with Gasteiger partial charge in [-0.1, -0.05) is 19.9 Å². The number of hydrogen-bond donors (Lipinski definition) is 2. The van der Waals surface area contributed by atoms with Gasteiger partial charge in [-0.25, -0.2) is 0 Å². The molecule has 1 atom stereocenters. The molecule has 0 aromatic heterocycles. The van der Waals surface area contributed by atoms with Crippen molar-refractivity contribution in [2.24, 2.45) is 11.8 Å². The van der Waals surface area contributed by atoms with Gasteiger partial charge in [0.1, 0.15) is 5.75 Å². The van der Waals surface area contributed by atoms with E-state index in [-0.39, 0.29) is 5.91 Å². The summed E-state index contributed by atoms with van der Waals surface area (Å²) in [5, 5.41) is 6.39. The maximum Gasteiger partial charge on any atom is 0.251 e. The molecule has 0 aliphatic carbocycles. The van der Waals surface area contributed by atoms with E-state index in [1.807, 2.05) is 24.3 Å². The number of amides is 1. The van der Waals surface area contributed by atoms with Gasteiger partial charge in [0.2, 0.25) is 0 Å². The molecule has 0 bridgehead atoms. The van der Waals surface area contributed by atoms with Crippen LogP contribution < -0.4 is 15.4 Å². The first-order valence-corrected chi connectivity index (χ1v) is 7.87. The molecule has 0 spiro atoms. The molecule has 0 radical (unpaired) electrons. The summed E-state index contributed by atoms with van der Waals surface area (Å²) in [7, 11) is 0. The normalized spacial score (nSPS) is 18.5. The molecule has 1 heterocycles. The van der Waals surface area contributed by atoms with Crippen molar-refractivity contribution in [3.63, 3.8) is 0 Å². The third-order valence-corrected chi connectivity index (χ3v) is 3.63. The van der Waals surface area contributed by atoms with Crippen molar-refractivity contribution in [3.8, 4) is 5.75 Å². The molecule has 21 heavy (non-hydrogen) atoms. The fourth-order valence-electron chi connectivity index (χ4n) is 2.43. The Morgan fingerprint density at radius 1 is 1.48 bits per heavy atom. The second-order valence-corrected chi connectivity index (χ2v) is 6.16. The van der Waals surface area contributed by atoms with Crippen molar-refractivity contribution in [1.29, 1.82) is 0 Å². The Bertz CT molecular complexity index is 454. The predicted molar refractivity (Wildman–Crippen MR) is 84.7 cm³/mol. The summed E-state index contributed by atoms with van der Waals surface area (Å²) in [4.78, 5) is 12.2. The van der Waals surface area contributed by atoms with E-state index in [4.69, 9.17) is 4.74 Å². The second kappa shape index (κ2) is 8.03. The van der Waals surface area contributed by atoms with E-state index in [2.05, 4.69) is 24.5 Å². The zero-order valence-corrected chi connectivity index (χ0v) is 13.0. The highest BCUT2D eigenvalue weighted by molar-refractivity contribution is 5.94. The standard InChI is InChI=1S/C17H26N2O2/c1-13(2)12-21-16-7-3-6-15(9-16)17(20)19-11-14-5-4-8-18-10-14/h3,6-7,9,13-14,18H,4-5,8,10-12H2,1-2H3,(H,19,20). The van der Waals surface area contributed by atoms with Crippen LogP contribution in [-0.4, -0.2) is 32.1 Å². The van der Waals surface area contributed by atoms with Gasteiger partial charge in [-0.15, -0.1) is 0 Å². The third kappa shape index (κ3) is 5.38. The van der Waals surface area contributed by atoms with E-state index < -0.39 is 0 Å². The number of piperidine rings is 1. The molecule has 2 rings (SSSR count). The molecule has 1 aliphatic rings. The molecule has 1 saturated heterocycles. The summed E-state index contributed by atoms with van der Waals surface area (Å²) in [5.41, 5.74) is 0.667. The number of hydrogen-bond acceptors (Lipinski definition) is 3. The minimum Gasteiger partial charge on any atom is -0.493 e. The summed E-state index contributed by atoms with van der Waals surface area (Å²) in [5.74, 6) is 1.76. The van der Waals surface area contributed by atoms with Gasteiger partial charge in [-0.3, -0.25) is 4.79 Å². The molecule has 0 saturated carbocycles. The maximum absolute atomic E-state index is 12.2. The monoisotopic (exact) mass is 290 g/mol. The molecule has 1 aliphatic heterocycles. The molecule has 1 aromatic carbocycles. The Morgan fingerprint density at radius 2 is 2.33 bits per heavy atom. The van der Waals surface area contributed by atoms with Crippen molar-refractivity contribution in [2.45, 2.75) is 26.7 Å². The molecule has 1 unspecified atom stereocenters. The Morgan fingerprint density at radius 3 is 3.05 bits per heavy atom. The topological polar surface area (TPSA) is 50.4 Å². The molecule has 1 fully saturated rings. The first-order chi connectivity index (χ1) is 10.1. The second-order valence-electron chi connectivity index (χ2n) is 6.16. The zero-order valence-electron chi connectivity index (χ0n) is 13.0. The van der Waals surface area contributed by atoms with Crippen LogP contribution in [0.1, 0.15) is 37.0 Å². The molecule has 4 heteroatoms. The number of carbonyl (C=O) groups is 1. The molecule has 116 valence electrons. The van der Waals surface area contributed by atoms with Crippen LogP contribution in [0, 0.1) is 11.8 Å². The van der Waals surface area contributed by atoms with Gasteiger partial charge in [0.15, 0.2) is 0 Å². The van der Waals surface area contributed by atoms with Crippen molar-refractivity contribution >= 4 is 5.91 Å². The molecule has 4 nitrogen and oxygen atoms in total. The fraction of sp³-hybridized carbons (Fsp3) is 0.588. The molecule has 2 N–H and O–H groups in total. The number of nitrogens with one attached hydrogen (secondary N) is 2. The number of rotatable bonds is 6. The van der Waals surface area contributed by atoms with Gasteiger partial charge in [-0.05, 0) is 56.0 Å². The fourth-order valence-corrected chi connectivity index (χ4v) is 2.43. The summed E-state index contributed by atoms with van der Waals surface area (Å²) >= 11 is 0. The smallest absolute Gasteiger partial charge is 0.251 e. The lowest BCUT2D eigenvalue weighted by Crippen LogP contribution is -2.38. The van der Waals surface area contributed by atoms with Crippen molar-refractivity contribution < 1.29 is 9.53 Å². The number of ether oxygens (including phenoxy) is 1. The zero-order chi connectivity index (χ0) is 15.1. The van der Waals surface area contributed by atoms with E-state index in [0.717, 1.165) is 25.4 Å². The lowest BCUT2D eigenvalue weighted by molar-refractivity contribution is 0.0944. The first-order valence-electron chi connectivity index (χ1n) is 7.87. The minimum absolute atomic E-state index is 0.0180. The highest BCUT2D eigenvalue weighted by Crippen LogP contribution is 2.15. The van der Waals surface area contributed by atoms with Crippen LogP contribution in [0.3, 0.4) is 0 Å². The number of carbonyl (C=O) groups excluding carboxylic acids is 1. The van der Waals surface area contributed by atoms with E-state index in [1.54, 1.807) is 0 Å². The van der Waals surface area contributed by atoms with E-state index in [1.165, 1.54) is 12.8 Å². The molecular formula is C17H26N2O2. The average molecular weight is 290 g/mol. The summed E-state index contributed by atoms with van der Waals surface area (Å²) < 4.78 is 5.66. The summed E-state index contributed by atoms with van der Waals surface area (Å²) in [6.45, 7) is 7.71. The van der Waals surface area contributed by atoms with Gasteiger partial charge >= 0.3 is 0 Å². The van der Waals surface area contributed by atoms with E-state index >= 15 is 0 Å². The van der Waals surface area contributed by atoms with Gasteiger partial charge in [0.05, 0.1) is 6.61 Å². The Kier molecular flexibility index (Phi) is 6.05. The van der Waals surface area contributed by atoms with Gasteiger partial charge in [-0.2, -0.15) is 0 Å². The van der Waals surface area contributed by atoms with Crippen molar-refractivity contribution in [2.75, 3.05) is 26.2 Å². The highest BCUT2D eigenvalue weighted by atomic mass is 16.5. The van der Waals surface area contributed by atoms with Crippen molar-refractivity contribution in [1.82, 2.24) is 10.6 Å². The third-order valence-electron chi connectivity index (χ3n) is 3.63. The predicted octanol–water partition coefficient (Wildman–Crippen LogP) is 2.45. The number of benzene rings is 1. The van der Waals surface area contributed by atoms with Gasteiger partial charge in [0.25, 0.3) is 5.91 Å². The summed E-state index contributed by atoms with van der Waals surface area (Å²) in [6.07, 6.45) is 2.38. The SMILES string of the molecule is CC(C)COc1cccc(C(=O)NCC2CCCNC2)c1. The lowest BCUT2D eigenvalue weighted by Gasteiger charge is -2.22.